The molecule has 2 heterocycles. The first kappa shape index (κ1) is 11.1. The van der Waals surface area contributed by atoms with Gasteiger partial charge in [0.1, 0.15) is 18.2 Å². The standard InChI is InChI=1S/C11H12BrN3O/c1-9-14-2-3-15(9)4-5-16-11-6-10(12)7-13-8-11/h2-3,6-8H,4-5H2,1H3. The zero-order valence-electron chi connectivity index (χ0n) is 8.93. The van der Waals surface area contributed by atoms with E-state index in [0.29, 0.717) is 6.61 Å². The van der Waals surface area contributed by atoms with Crippen LogP contribution >= 0.6 is 15.9 Å². The number of rotatable bonds is 4. The Morgan fingerprint density at radius 3 is 3.00 bits per heavy atom. The molecule has 0 saturated heterocycles. The highest BCUT2D eigenvalue weighted by Gasteiger charge is 1.98. The predicted molar refractivity (Wildman–Crippen MR) is 64.4 cm³/mol. The van der Waals surface area contributed by atoms with E-state index in [-0.39, 0.29) is 0 Å². The fraction of sp³-hybridized carbons (Fsp3) is 0.273. The van der Waals surface area contributed by atoms with Gasteiger partial charge in [-0.05, 0) is 28.9 Å². The molecule has 16 heavy (non-hydrogen) atoms. The SMILES string of the molecule is Cc1nccn1CCOc1cncc(Br)c1. The molecule has 4 nitrogen and oxygen atoms in total. The van der Waals surface area contributed by atoms with Crippen molar-refractivity contribution < 1.29 is 4.74 Å². The number of aryl methyl sites for hydroxylation is 1. The molecule has 0 aromatic carbocycles. The van der Waals surface area contributed by atoms with Crippen LogP contribution in [0.25, 0.3) is 0 Å². The van der Waals surface area contributed by atoms with E-state index in [1.165, 1.54) is 0 Å². The molecule has 0 aliphatic rings. The lowest BCUT2D eigenvalue weighted by molar-refractivity contribution is 0.296. The van der Waals surface area contributed by atoms with Crippen molar-refractivity contribution in [2.45, 2.75) is 13.5 Å². The second kappa shape index (κ2) is 5.12. The van der Waals surface area contributed by atoms with Crippen LogP contribution < -0.4 is 4.74 Å². The van der Waals surface area contributed by atoms with Gasteiger partial charge in [0, 0.05) is 23.1 Å². The zero-order valence-corrected chi connectivity index (χ0v) is 10.5. The maximum absolute atomic E-state index is 5.57. The summed E-state index contributed by atoms with van der Waals surface area (Å²) in [6.45, 7) is 3.37. The molecule has 2 aromatic rings. The monoisotopic (exact) mass is 281 g/mol. The van der Waals surface area contributed by atoms with Crippen LogP contribution in [0, 0.1) is 6.92 Å². The van der Waals surface area contributed by atoms with Crippen molar-refractivity contribution in [3.05, 3.63) is 41.2 Å². The van der Waals surface area contributed by atoms with Gasteiger partial charge in [-0.15, -0.1) is 0 Å². The fourth-order valence-corrected chi connectivity index (χ4v) is 1.72. The normalized spacial score (nSPS) is 10.4. The van der Waals surface area contributed by atoms with Gasteiger partial charge in [0.25, 0.3) is 0 Å². The molecule has 0 saturated carbocycles. The van der Waals surface area contributed by atoms with Gasteiger partial charge in [0.05, 0.1) is 12.7 Å². The highest BCUT2D eigenvalue weighted by molar-refractivity contribution is 9.10. The highest BCUT2D eigenvalue weighted by atomic mass is 79.9. The average molecular weight is 282 g/mol. The number of hydrogen-bond donors (Lipinski definition) is 0. The molecule has 0 unspecified atom stereocenters. The van der Waals surface area contributed by atoms with Crippen molar-refractivity contribution >= 4 is 15.9 Å². The van der Waals surface area contributed by atoms with Crippen molar-refractivity contribution in [2.75, 3.05) is 6.61 Å². The highest BCUT2D eigenvalue weighted by Crippen LogP contribution is 2.15. The Morgan fingerprint density at radius 1 is 1.44 bits per heavy atom. The Morgan fingerprint density at radius 2 is 2.31 bits per heavy atom. The van der Waals surface area contributed by atoms with Gasteiger partial charge in [-0.2, -0.15) is 0 Å². The van der Waals surface area contributed by atoms with E-state index in [4.69, 9.17) is 4.74 Å². The smallest absolute Gasteiger partial charge is 0.138 e. The third-order valence-electron chi connectivity index (χ3n) is 2.20. The van der Waals surface area contributed by atoms with Crippen molar-refractivity contribution in [3.8, 4) is 5.75 Å². The van der Waals surface area contributed by atoms with Gasteiger partial charge in [0.15, 0.2) is 0 Å². The lowest BCUT2D eigenvalue weighted by atomic mass is 10.5. The minimum atomic E-state index is 0.606. The van der Waals surface area contributed by atoms with Crippen LogP contribution in [0.3, 0.4) is 0 Å². The van der Waals surface area contributed by atoms with Crippen LogP contribution in [0.1, 0.15) is 5.82 Å². The molecule has 0 bridgehead atoms. The van der Waals surface area contributed by atoms with E-state index in [0.717, 1.165) is 22.6 Å². The summed E-state index contributed by atoms with van der Waals surface area (Å²) in [5.41, 5.74) is 0. The summed E-state index contributed by atoms with van der Waals surface area (Å²) in [4.78, 5) is 8.17. The van der Waals surface area contributed by atoms with E-state index < -0.39 is 0 Å². The molecule has 0 aliphatic heterocycles. The Balaban J connectivity index is 1.87. The number of hydrogen-bond acceptors (Lipinski definition) is 3. The molecular weight excluding hydrogens is 270 g/mol. The molecule has 0 fully saturated rings. The van der Waals surface area contributed by atoms with Crippen LogP contribution in [0.15, 0.2) is 35.3 Å². The molecule has 2 rings (SSSR count). The van der Waals surface area contributed by atoms with E-state index in [1.807, 2.05) is 23.8 Å². The zero-order chi connectivity index (χ0) is 11.4. The summed E-state index contributed by atoms with van der Waals surface area (Å²) in [6, 6.07) is 1.90. The first-order valence-corrected chi connectivity index (χ1v) is 5.76. The van der Waals surface area contributed by atoms with E-state index >= 15 is 0 Å². The van der Waals surface area contributed by atoms with Gasteiger partial charge >= 0.3 is 0 Å². The van der Waals surface area contributed by atoms with Crippen molar-refractivity contribution in [1.29, 1.82) is 0 Å². The average Bonchev–Trinajstić information content (AvgIpc) is 2.65. The molecule has 2 aromatic heterocycles. The van der Waals surface area contributed by atoms with Gasteiger partial charge in [-0.1, -0.05) is 0 Å². The minimum absolute atomic E-state index is 0.606. The summed E-state index contributed by atoms with van der Waals surface area (Å²) in [5.74, 6) is 1.77. The second-order valence-corrected chi connectivity index (χ2v) is 4.27. The Bertz CT molecular complexity index is 470. The quantitative estimate of drug-likeness (QED) is 0.864. The molecule has 0 radical (unpaired) electrons. The van der Waals surface area contributed by atoms with Gasteiger partial charge < -0.3 is 9.30 Å². The number of nitrogens with zero attached hydrogens (tertiary/aromatic N) is 3. The second-order valence-electron chi connectivity index (χ2n) is 3.36. The maximum atomic E-state index is 5.57. The van der Waals surface area contributed by atoms with Crippen molar-refractivity contribution in [2.24, 2.45) is 0 Å². The van der Waals surface area contributed by atoms with Gasteiger partial charge in [-0.25, -0.2) is 4.98 Å². The number of pyridine rings is 1. The topological polar surface area (TPSA) is 39.9 Å². The molecule has 0 N–H and O–H groups in total. The lowest BCUT2D eigenvalue weighted by Crippen LogP contribution is -2.08. The summed E-state index contributed by atoms with van der Waals surface area (Å²) >= 11 is 3.35. The Hall–Kier alpha value is -1.36. The van der Waals surface area contributed by atoms with Gasteiger partial charge in [0.2, 0.25) is 0 Å². The molecule has 0 aliphatic carbocycles. The van der Waals surface area contributed by atoms with Crippen LogP contribution in [0.2, 0.25) is 0 Å². The Labute approximate surface area is 102 Å². The summed E-state index contributed by atoms with van der Waals surface area (Å²) in [7, 11) is 0. The molecule has 0 atom stereocenters. The number of halogens is 1. The fourth-order valence-electron chi connectivity index (χ4n) is 1.37. The molecular formula is C11H12BrN3O. The van der Waals surface area contributed by atoms with Crippen molar-refractivity contribution in [1.82, 2.24) is 14.5 Å². The first-order chi connectivity index (χ1) is 7.75. The van der Waals surface area contributed by atoms with E-state index in [2.05, 4.69) is 25.9 Å². The van der Waals surface area contributed by atoms with E-state index in [1.54, 1.807) is 18.6 Å². The maximum Gasteiger partial charge on any atom is 0.138 e. The summed E-state index contributed by atoms with van der Waals surface area (Å²) in [5, 5.41) is 0. The predicted octanol–water partition coefficient (Wildman–Crippen LogP) is 2.43. The number of ether oxygens (including phenoxy) is 1. The molecule has 0 amide bonds. The van der Waals surface area contributed by atoms with Crippen molar-refractivity contribution in [3.63, 3.8) is 0 Å². The number of imidazole rings is 1. The largest absolute Gasteiger partial charge is 0.490 e. The van der Waals surface area contributed by atoms with Crippen LogP contribution in [-0.4, -0.2) is 21.1 Å². The lowest BCUT2D eigenvalue weighted by Gasteiger charge is -2.07. The van der Waals surface area contributed by atoms with Gasteiger partial charge in [-0.3, -0.25) is 4.98 Å². The third-order valence-corrected chi connectivity index (χ3v) is 2.64. The van der Waals surface area contributed by atoms with Crippen LogP contribution in [0.5, 0.6) is 5.75 Å². The molecule has 84 valence electrons. The summed E-state index contributed by atoms with van der Waals surface area (Å²) < 4.78 is 8.54. The first-order valence-electron chi connectivity index (χ1n) is 4.97. The number of aromatic nitrogens is 3. The Kier molecular flexibility index (Phi) is 3.56. The van der Waals surface area contributed by atoms with E-state index in [9.17, 15) is 0 Å². The van der Waals surface area contributed by atoms with Crippen LogP contribution in [0.4, 0.5) is 0 Å². The third kappa shape index (κ3) is 2.82. The van der Waals surface area contributed by atoms with Crippen LogP contribution in [-0.2, 0) is 6.54 Å². The molecule has 5 heteroatoms. The summed E-state index contributed by atoms with van der Waals surface area (Å²) in [6.07, 6.45) is 7.16. The minimum Gasteiger partial charge on any atom is -0.490 e. The molecule has 0 spiro atoms.